The van der Waals surface area contributed by atoms with Crippen molar-refractivity contribution in [2.24, 2.45) is 0 Å². The molecule has 3 N–H and O–H groups in total. The molecule has 0 saturated heterocycles. The summed E-state index contributed by atoms with van der Waals surface area (Å²) in [6.45, 7) is 6.19. The van der Waals surface area contributed by atoms with Gasteiger partial charge in [-0.15, -0.1) is 0 Å². The molecular formula is C35H52O9S3. The van der Waals surface area contributed by atoms with Crippen LogP contribution in [0.1, 0.15) is 120 Å². The third kappa shape index (κ3) is 13.6. The van der Waals surface area contributed by atoms with Crippen LogP contribution in [0.5, 0.6) is 0 Å². The normalized spacial score (nSPS) is 12.2. The fourth-order valence-electron chi connectivity index (χ4n) is 5.81. The standard InChI is InChI=1S/C28H44O6S2.C7H8O3S/c1-3-5-7-9-11-13-15-19-23-24-20-17-18-22-26(24)28(36(32,33)34)27(35(29,30)31)25(23)21-16-14-12-10-8-6-4-2;1-6-2-4-7(5-3-6)11(8,9)10/h17-18,20,22H,3-16,19,21H2,1-2H3,(H,29,30,31)(H,32,33,34);2-5H,1H3,(H,8,9,10). The first-order valence-electron chi connectivity index (χ1n) is 16.7. The van der Waals surface area contributed by atoms with E-state index in [1.165, 1.54) is 50.3 Å². The van der Waals surface area contributed by atoms with Crippen LogP contribution in [0.25, 0.3) is 10.8 Å². The van der Waals surface area contributed by atoms with E-state index < -0.39 is 40.1 Å². The molecule has 0 aliphatic carbocycles. The van der Waals surface area contributed by atoms with Crippen LogP contribution < -0.4 is 0 Å². The molecule has 0 unspecified atom stereocenters. The molecular weight excluding hydrogens is 661 g/mol. The van der Waals surface area contributed by atoms with Crippen LogP contribution in [0.3, 0.4) is 0 Å². The predicted molar refractivity (Wildman–Crippen MR) is 188 cm³/mol. The van der Waals surface area contributed by atoms with Gasteiger partial charge < -0.3 is 0 Å². The number of hydrogen-bond acceptors (Lipinski definition) is 6. The monoisotopic (exact) mass is 712 g/mol. The lowest BCUT2D eigenvalue weighted by atomic mass is 9.91. The Morgan fingerprint density at radius 2 is 0.872 bits per heavy atom. The van der Waals surface area contributed by atoms with Gasteiger partial charge in [0.2, 0.25) is 0 Å². The summed E-state index contributed by atoms with van der Waals surface area (Å²) in [5, 5.41) is 0.760. The second-order valence-electron chi connectivity index (χ2n) is 12.1. The van der Waals surface area contributed by atoms with Crippen molar-refractivity contribution in [1.82, 2.24) is 0 Å². The van der Waals surface area contributed by atoms with Crippen LogP contribution >= 0.6 is 0 Å². The van der Waals surface area contributed by atoms with E-state index in [9.17, 15) is 34.4 Å². The molecule has 0 spiro atoms. The van der Waals surface area contributed by atoms with Gasteiger partial charge >= 0.3 is 0 Å². The Balaban J connectivity index is 0.000000587. The van der Waals surface area contributed by atoms with Crippen molar-refractivity contribution in [3.8, 4) is 0 Å². The van der Waals surface area contributed by atoms with E-state index in [-0.39, 0.29) is 10.3 Å². The van der Waals surface area contributed by atoms with E-state index in [1.807, 2.05) is 6.92 Å². The maximum absolute atomic E-state index is 12.6. The van der Waals surface area contributed by atoms with E-state index in [4.69, 9.17) is 4.55 Å². The minimum absolute atomic E-state index is 0.0666. The number of fused-ring (bicyclic) bond motifs is 1. The molecule has 3 aromatic rings. The molecule has 0 radical (unpaired) electrons. The minimum Gasteiger partial charge on any atom is -0.282 e. The molecule has 264 valence electrons. The van der Waals surface area contributed by atoms with Crippen molar-refractivity contribution < 1.29 is 38.9 Å². The molecule has 47 heavy (non-hydrogen) atoms. The molecule has 0 atom stereocenters. The minimum atomic E-state index is -4.91. The largest absolute Gasteiger partial charge is 0.296 e. The van der Waals surface area contributed by atoms with E-state index in [2.05, 4.69) is 13.8 Å². The van der Waals surface area contributed by atoms with Crippen molar-refractivity contribution in [2.45, 2.75) is 138 Å². The number of benzene rings is 3. The smallest absolute Gasteiger partial charge is 0.282 e. The Morgan fingerprint density at radius 1 is 0.468 bits per heavy atom. The highest BCUT2D eigenvalue weighted by Gasteiger charge is 2.32. The highest BCUT2D eigenvalue weighted by atomic mass is 32.2. The Labute approximate surface area is 282 Å². The summed E-state index contributed by atoms with van der Waals surface area (Å²) in [6.07, 6.45) is 15.9. The molecule has 3 aromatic carbocycles. The second-order valence-corrected chi connectivity index (χ2v) is 16.3. The van der Waals surface area contributed by atoms with Crippen molar-refractivity contribution >= 4 is 41.1 Å². The zero-order valence-corrected chi connectivity index (χ0v) is 30.4. The van der Waals surface area contributed by atoms with E-state index >= 15 is 0 Å². The number of aryl methyl sites for hydroxylation is 2. The maximum Gasteiger partial charge on any atom is 0.296 e. The molecule has 0 bridgehead atoms. The van der Waals surface area contributed by atoms with Gasteiger partial charge in [-0.3, -0.25) is 13.7 Å². The van der Waals surface area contributed by atoms with E-state index in [0.717, 1.165) is 62.5 Å². The van der Waals surface area contributed by atoms with Gasteiger partial charge in [0.05, 0.1) is 4.90 Å². The molecule has 12 heteroatoms. The molecule has 0 aliphatic heterocycles. The molecule has 0 aromatic heterocycles. The van der Waals surface area contributed by atoms with E-state index in [0.29, 0.717) is 30.2 Å². The van der Waals surface area contributed by atoms with Gasteiger partial charge in [-0.05, 0) is 61.3 Å². The zero-order chi connectivity index (χ0) is 35.1. The molecule has 9 nitrogen and oxygen atoms in total. The lowest BCUT2D eigenvalue weighted by molar-refractivity contribution is 0.465. The van der Waals surface area contributed by atoms with Crippen LogP contribution in [0.4, 0.5) is 0 Å². The summed E-state index contributed by atoms with van der Waals surface area (Å²) < 4.78 is 99.8. The lowest BCUT2D eigenvalue weighted by Gasteiger charge is -2.20. The number of rotatable bonds is 19. The molecule has 0 amide bonds. The van der Waals surface area contributed by atoms with Crippen LogP contribution in [-0.2, 0) is 43.2 Å². The molecule has 0 saturated carbocycles. The summed E-state index contributed by atoms with van der Waals surface area (Å²) in [5.41, 5.74) is 2.06. The molecule has 0 aliphatic rings. The average Bonchev–Trinajstić information content (AvgIpc) is 2.99. The molecule has 0 fully saturated rings. The van der Waals surface area contributed by atoms with Crippen LogP contribution in [0.15, 0.2) is 63.2 Å². The highest BCUT2D eigenvalue weighted by Crippen LogP contribution is 2.38. The molecule has 0 heterocycles. The van der Waals surface area contributed by atoms with Gasteiger partial charge in [0.15, 0.2) is 0 Å². The third-order valence-corrected chi connectivity index (χ3v) is 11.1. The topological polar surface area (TPSA) is 163 Å². The third-order valence-electron chi connectivity index (χ3n) is 8.24. The summed E-state index contributed by atoms with van der Waals surface area (Å²) >= 11 is 0. The summed E-state index contributed by atoms with van der Waals surface area (Å²) in [4.78, 5) is -1.42. The summed E-state index contributed by atoms with van der Waals surface area (Å²) in [7, 11) is -13.8. The predicted octanol–water partition coefficient (Wildman–Crippen LogP) is 9.16. The van der Waals surface area contributed by atoms with Gasteiger partial charge in [0.25, 0.3) is 30.4 Å². The maximum atomic E-state index is 12.6. The fourth-order valence-corrected chi connectivity index (χ4v) is 8.62. The SMILES string of the molecule is CCCCCCCCCc1c(S(=O)(=O)O)c(S(=O)(=O)O)c2ccccc2c1CCCCCCCCC.Cc1ccc(S(=O)(=O)O)cc1. The zero-order valence-electron chi connectivity index (χ0n) is 27.9. The van der Waals surface area contributed by atoms with Gasteiger partial charge in [-0.2, -0.15) is 25.3 Å². The van der Waals surface area contributed by atoms with Gasteiger partial charge in [0, 0.05) is 5.39 Å². The lowest BCUT2D eigenvalue weighted by Crippen LogP contribution is -2.15. The van der Waals surface area contributed by atoms with Crippen molar-refractivity contribution in [3.05, 3.63) is 65.2 Å². The highest BCUT2D eigenvalue weighted by molar-refractivity contribution is 7.89. The Morgan fingerprint density at radius 3 is 1.30 bits per heavy atom. The quantitative estimate of drug-likeness (QED) is 0.0812. The Bertz CT molecular complexity index is 1730. The van der Waals surface area contributed by atoms with Crippen LogP contribution in [0, 0.1) is 6.92 Å². The first-order valence-corrected chi connectivity index (χ1v) is 21.0. The second kappa shape index (κ2) is 19.6. The fraction of sp³-hybridized carbons (Fsp3) is 0.543. The van der Waals surface area contributed by atoms with E-state index in [1.54, 1.807) is 30.3 Å². The van der Waals surface area contributed by atoms with Crippen molar-refractivity contribution in [2.75, 3.05) is 0 Å². The van der Waals surface area contributed by atoms with Crippen LogP contribution in [-0.4, -0.2) is 38.9 Å². The van der Waals surface area contributed by atoms with Gasteiger partial charge in [-0.25, -0.2) is 0 Å². The average molecular weight is 713 g/mol. The summed E-state index contributed by atoms with van der Waals surface area (Å²) in [6, 6.07) is 12.7. The first-order chi connectivity index (χ1) is 22.1. The van der Waals surface area contributed by atoms with Gasteiger partial charge in [-0.1, -0.05) is 133 Å². The molecule has 3 rings (SSSR count). The Kier molecular flexibility index (Phi) is 17.0. The van der Waals surface area contributed by atoms with Gasteiger partial charge in [0.1, 0.15) is 9.79 Å². The first kappa shape index (κ1) is 40.8. The van der Waals surface area contributed by atoms with Crippen molar-refractivity contribution in [3.63, 3.8) is 0 Å². The number of hydrogen-bond donors (Lipinski definition) is 3. The van der Waals surface area contributed by atoms with Crippen molar-refractivity contribution in [1.29, 1.82) is 0 Å². The van der Waals surface area contributed by atoms with Crippen LogP contribution in [0.2, 0.25) is 0 Å². The Hall–Kier alpha value is -2.35. The summed E-state index contributed by atoms with van der Waals surface area (Å²) in [5.74, 6) is 0. The number of unbranched alkanes of at least 4 members (excludes halogenated alkanes) is 12.